The first-order valence-electron chi connectivity index (χ1n) is 7.24. The van der Waals surface area contributed by atoms with E-state index in [0.717, 1.165) is 0 Å². The first-order chi connectivity index (χ1) is 11.2. The van der Waals surface area contributed by atoms with Crippen LogP contribution in [0.1, 0.15) is 34.1 Å². The lowest BCUT2D eigenvalue weighted by Gasteiger charge is -2.21. The van der Waals surface area contributed by atoms with Crippen molar-refractivity contribution >= 4 is 17.5 Å². The summed E-state index contributed by atoms with van der Waals surface area (Å²) in [5.74, 6) is -0.836. The Bertz CT molecular complexity index is 752. The van der Waals surface area contributed by atoms with Gasteiger partial charge in [0, 0.05) is 22.6 Å². The van der Waals surface area contributed by atoms with Gasteiger partial charge in [-0.1, -0.05) is 48.4 Å². The van der Waals surface area contributed by atoms with Crippen molar-refractivity contribution in [2.75, 3.05) is 6.54 Å². The SMILES string of the molecule is CCCN(C(=O)c1ccccc1)C(=O)c1ccccc1N=[N+]=[N-]. The molecule has 0 fully saturated rings. The van der Waals surface area contributed by atoms with E-state index in [0.29, 0.717) is 12.0 Å². The van der Waals surface area contributed by atoms with Crippen LogP contribution < -0.4 is 0 Å². The summed E-state index contributed by atoms with van der Waals surface area (Å²) in [6, 6.07) is 15.1. The van der Waals surface area contributed by atoms with Crippen molar-refractivity contribution in [2.24, 2.45) is 5.11 Å². The molecule has 0 N–H and O–H groups in total. The first-order valence-corrected chi connectivity index (χ1v) is 7.24. The van der Waals surface area contributed by atoms with Gasteiger partial charge in [0.05, 0.1) is 5.69 Å². The molecule has 2 amide bonds. The molecule has 0 aliphatic rings. The predicted molar refractivity (Wildman–Crippen MR) is 87.3 cm³/mol. The van der Waals surface area contributed by atoms with Crippen LogP contribution in [-0.4, -0.2) is 23.3 Å². The number of nitrogens with zero attached hydrogens (tertiary/aromatic N) is 4. The highest BCUT2D eigenvalue weighted by atomic mass is 16.2. The zero-order chi connectivity index (χ0) is 16.7. The molecule has 0 saturated heterocycles. The molecule has 116 valence electrons. The average Bonchev–Trinajstić information content (AvgIpc) is 2.60. The standard InChI is InChI=1S/C17H16N4O2/c1-2-12-21(16(22)13-8-4-3-5-9-13)17(23)14-10-6-7-11-15(14)19-20-18/h3-11H,2,12H2,1H3. The maximum absolute atomic E-state index is 12.8. The minimum absolute atomic E-state index is 0.210. The number of hydrogen-bond acceptors (Lipinski definition) is 3. The molecule has 0 bridgehead atoms. The maximum Gasteiger partial charge on any atom is 0.261 e. The summed E-state index contributed by atoms with van der Waals surface area (Å²) in [6.07, 6.45) is 0.633. The van der Waals surface area contributed by atoms with E-state index >= 15 is 0 Å². The van der Waals surface area contributed by atoms with Crippen molar-refractivity contribution in [2.45, 2.75) is 13.3 Å². The Hall–Kier alpha value is -3.11. The van der Waals surface area contributed by atoms with Crippen molar-refractivity contribution in [1.82, 2.24) is 4.90 Å². The quantitative estimate of drug-likeness (QED) is 0.356. The van der Waals surface area contributed by atoms with Crippen molar-refractivity contribution < 1.29 is 9.59 Å². The Kier molecular flexibility index (Phi) is 5.50. The topological polar surface area (TPSA) is 86.1 Å². The Labute approximate surface area is 134 Å². The molecule has 0 radical (unpaired) electrons. The lowest BCUT2D eigenvalue weighted by atomic mass is 10.1. The number of azide groups is 1. The molecule has 23 heavy (non-hydrogen) atoms. The van der Waals surface area contributed by atoms with Gasteiger partial charge in [0.15, 0.2) is 0 Å². The maximum atomic E-state index is 12.8. The predicted octanol–water partition coefficient (Wildman–Crippen LogP) is 4.32. The summed E-state index contributed by atoms with van der Waals surface area (Å²) < 4.78 is 0. The second kappa shape index (κ2) is 7.77. The molecule has 0 saturated carbocycles. The number of rotatable bonds is 5. The van der Waals surface area contributed by atoms with E-state index < -0.39 is 5.91 Å². The van der Waals surface area contributed by atoms with E-state index in [1.54, 1.807) is 54.6 Å². The van der Waals surface area contributed by atoms with Crippen LogP contribution in [0.2, 0.25) is 0 Å². The molecule has 2 aromatic rings. The normalized spacial score (nSPS) is 9.78. The van der Waals surface area contributed by atoms with E-state index in [9.17, 15) is 9.59 Å². The van der Waals surface area contributed by atoms with Gasteiger partial charge in [-0.2, -0.15) is 0 Å². The molecule has 6 heteroatoms. The molecule has 0 aliphatic carbocycles. The molecular formula is C17H16N4O2. The van der Waals surface area contributed by atoms with Gasteiger partial charge in [-0.05, 0) is 30.2 Å². The Balaban J connectivity index is 2.40. The third-order valence-corrected chi connectivity index (χ3v) is 3.25. The Morgan fingerprint density at radius 1 is 1.04 bits per heavy atom. The summed E-state index contributed by atoms with van der Waals surface area (Å²) >= 11 is 0. The number of benzene rings is 2. The van der Waals surface area contributed by atoms with Crippen LogP contribution in [0.5, 0.6) is 0 Å². The summed E-state index contributed by atoms with van der Waals surface area (Å²) in [4.78, 5) is 29.3. The average molecular weight is 308 g/mol. The molecule has 0 aromatic heterocycles. The van der Waals surface area contributed by atoms with E-state index in [1.807, 2.05) is 6.92 Å². The van der Waals surface area contributed by atoms with Gasteiger partial charge < -0.3 is 0 Å². The van der Waals surface area contributed by atoms with Gasteiger partial charge in [-0.15, -0.1) is 0 Å². The van der Waals surface area contributed by atoms with Crippen LogP contribution in [0.3, 0.4) is 0 Å². The van der Waals surface area contributed by atoms with Gasteiger partial charge in [-0.3, -0.25) is 14.5 Å². The smallest absolute Gasteiger partial charge is 0.261 e. The van der Waals surface area contributed by atoms with Gasteiger partial charge in [0.2, 0.25) is 0 Å². The molecule has 2 aromatic carbocycles. The lowest BCUT2D eigenvalue weighted by molar-refractivity contribution is 0.0617. The monoisotopic (exact) mass is 308 g/mol. The van der Waals surface area contributed by atoms with Gasteiger partial charge >= 0.3 is 0 Å². The molecule has 0 heterocycles. The van der Waals surface area contributed by atoms with E-state index in [-0.39, 0.29) is 23.7 Å². The fourth-order valence-electron chi connectivity index (χ4n) is 2.19. The van der Waals surface area contributed by atoms with Crippen molar-refractivity contribution in [3.05, 3.63) is 76.2 Å². The van der Waals surface area contributed by atoms with Crippen molar-refractivity contribution in [1.29, 1.82) is 0 Å². The zero-order valence-corrected chi connectivity index (χ0v) is 12.7. The second-order valence-electron chi connectivity index (χ2n) is 4.83. The highest BCUT2D eigenvalue weighted by Crippen LogP contribution is 2.21. The molecule has 0 unspecified atom stereocenters. The van der Waals surface area contributed by atoms with Crippen LogP contribution in [0.15, 0.2) is 59.7 Å². The fraction of sp³-hybridized carbons (Fsp3) is 0.176. The van der Waals surface area contributed by atoms with Crippen LogP contribution in [0, 0.1) is 0 Å². The van der Waals surface area contributed by atoms with Crippen molar-refractivity contribution in [3.63, 3.8) is 0 Å². The number of imide groups is 1. The van der Waals surface area contributed by atoms with Crippen LogP contribution >= 0.6 is 0 Å². The number of carbonyl (C=O) groups is 2. The third kappa shape index (κ3) is 3.75. The highest BCUT2D eigenvalue weighted by molar-refractivity contribution is 6.12. The highest BCUT2D eigenvalue weighted by Gasteiger charge is 2.24. The van der Waals surface area contributed by atoms with Crippen LogP contribution in [0.25, 0.3) is 10.4 Å². The van der Waals surface area contributed by atoms with E-state index in [4.69, 9.17) is 5.53 Å². The Morgan fingerprint density at radius 2 is 1.70 bits per heavy atom. The van der Waals surface area contributed by atoms with Gasteiger partial charge in [0.25, 0.3) is 11.8 Å². The molecule has 6 nitrogen and oxygen atoms in total. The number of amides is 2. The second-order valence-corrected chi connectivity index (χ2v) is 4.83. The van der Waals surface area contributed by atoms with Gasteiger partial charge in [0.1, 0.15) is 0 Å². The minimum atomic E-state index is -0.469. The molecule has 0 aliphatic heterocycles. The minimum Gasteiger partial charge on any atom is -0.274 e. The van der Waals surface area contributed by atoms with Crippen LogP contribution in [-0.2, 0) is 0 Å². The molecular weight excluding hydrogens is 292 g/mol. The summed E-state index contributed by atoms with van der Waals surface area (Å²) in [7, 11) is 0. The summed E-state index contributed by atoms with van der Waals surface area (Å²) in [5.41, 5.74) is 9.48. The number of carbonyl (C=O) groups excluding carboxylic acids is 2. The Morgan fingerprint density at radius 3 is 2.35 bits per heavy atom. The lowest BCUT2D eigenvalue weighted by Crippen LogP contribution is -2.37. The molecule has 0 atom stereocenters. The first kappa shape index (κ1) is 16.3. The molecule has 0 spiro atoms. The number of hydrogen-bond donors (Lipinski definition) is 0. The zero-order valence-electron chi connectivity index (χ0n) is 12.7. The van der Waals surface area contributed by atoms with E-state index in [2.05, 4.69) is 10.0 Å². The van der Waals surface area contributed by atoms with Gasteiger partial charge in [-0.25, -0.2) is 0 Å². The van der Waals surface area contributed by atoms with Crippen LogP contribution in [0.4, 0.5) is 5.69 Å². The van der Waals surface area contributed by atoms with E-state index in [1.165, 1.54) is 4.90 Å². The fourth-order valence-corrected chi connectivity index (χ4v) is 2.19. The third-order valence-electron chi connectivity index (χ3n) is 3.25. The van der Waals surface area contributed by atoms with Crippen molar-refractivity contribution in [3.8, 4) is 0 Å². The summed E-state index contributed by atoms with van der Waals surface area (Å²) in [5, 5.41) is 3.52. The molecule has 2 rings (SSSR count). The summed E-state index contributed by atoms with van der Waals surface area (Å²) in [6.45, 7) is 2.18. The largest absolute Gasteiger partial charge is 0.274 e.